The lowest BCUT2D eigenvalue weighted by Crippen LogP contribution is -2.57. The van der Waals surface area contributed by atoms with Crippen molar-refractivity contribution in [3.05, 3.63) is 0 Å². The maximum Gasteiger partial charge on any atom is 0.252 e. The van der Waals surface area contributed by atoms with Gasteiger partial charge in [-0.15, -0.1) is 0 Å². The first kappa shape index (κ1) is 13.3. The molecule has 1 aliphatic carbocycles. The zero-order valence-corrected chi connectivity index (χ0v) is 11.4. The number of carbonyl (C=O) groups excluding carboxylic acids is 1. The highest BCUT2D eigenvalue weighted by molar-refractivity contribution is 5.81. The molecule has 5 nitrogen and oxygen atoms in total. The Bertz CT molecular complexity index is 335. The van der Waals surface area contributed by atoms with Crippen LogP contribution in [0.4, 0.5) is 0 Å². The largest absolute Gasteiger partial charge is 0.374 e. The van der Waals surface area contributed by atoms with Crippen LogP contribution in [0.1, 0.15) is 38.5 Å². The van der Waals surface area contributed by atoms with Crippen LogP contribution in [-0.4, -0.2) is 54.9 Å². The number of fused-ring (bicyclic) bond motifs is 1. The molecule has 0 aromatic rings. The predicted octanol–water partition coefficient (Wildman–Crippen LogP) is 0.663. The summed E-state index contributed by atoms with van der Waals surface area (Å²) in [4.78, 5) is 14.6. The molecule has 2 unspecified atom stereocenters. The molecule has 3 rings (SSSR count). The fourth-order valence-electron chi connectivity index (χ4n) is 3.62. The molecule has 0 spiro atoms. The van der Waals surface area contributed by atoms with E-state index in [1.807, 2.05) is 4.90 Å². The zero-order chi connectivity index (χ0) is 13.2. The van der Waals surface area contributed by atoms with Gasteiger partial charge in [0.05, 0.1) is 24.9 Å². The monoisotopic (exact) mass is 268 g/mol. The quantitative estimate of drug-likeness (QED) is 0.799. The SMILES string of the molecule is NC[C@H]1CC[C@@H](C(=O)N2CCOC3CCCCC32)O1. The topological polar surface area (TPSA) is 64.8 Å². The van der Waals surface area contributed by atoms with Gasteiger partial charge in [0.25, 0.3) is 5.91 Å². The average Bonchev–Trinajstić information content (AvgIpc) is 2.95. The van der Waals surface area contributed by atoms with Gasteiger partial charge in [-0.3, -0.25) is 4.79 Å². The van der Waals surface area contributed by atoms with Crippen LogP contribution in [0.25, 0.3) is 0 Å². The second-order valence-electron chi connectivity index (χ2n) is 5.85. The Morgan fingerprint density at radius 3 is 2.84 bits per heavy atom. The first-order valence-corrected chi connectivity index (χ1v) is 7.57. The fourth-order valence-corrected chi connectivity index (χ4v) is 3.62. The summed E-state index contributed by atoms with van der Waals surface area (Å²) in [5, 5.41) is 0. The summed E-state index contributed by atoms with van der Waals surface area (Å²) >= 11 is 0. The molecule has 5 heteroatoms. The molecule has 4 atom stereocenters. The third kappa shape index (κ3) is 2.64. The van der Waals surface area contributed by atoms with Crippen molar-refractivity contribution >= 4 is 5.91 Å². The maximum absolute atomic E-state index is 12.6. The van der Waals surface area contributed by atoms with Crippen LogP contribution in [0.15, 0.2) is 0 Å². The first-order chi connectivity index (χ1) is 9.29. The third-order valence-electron chi connectivity index (χ3n) is 4.66. The minimum atomic E-state index is -0.269. The lowest BCUT2D eigenvalue weighted by molar-refractivity contribution is -0.160. The summed E-state index contributed by atoms with van der Waals surface area (Å²) in [7, 11) is 0. The average molecular weight is 268 g/mol. The van der Waals surface area contributed by atoms with Gasteiger partial charge >= 0.3 is 0 Å². The molecule has 0 aromatic heterocycles. The molecule has 0 radical (unpaired) electrons. The van der Waals surface area contributed by atoms with E-state index in [9.17, 15) is 4.79 Å². The summed E-state index contributed by atoms with van der Waals surface area (Å²) in [6.45, 7) is 1.89. The minimum Gasteiger partial charge on any atom is -0.374 e. The molecule has 3 aliphatic rings. The lowest BCUT2D eigenvalue weighted by Gasteiger charge is -2.44. The molecule has 2 heterocycles. The highest BCUT2D eigenvalue weighted by atomic mass is 16.5. The molecule has 0 aromatic carbocycles. The van der Waals surface area contributed by atoms with Gasteiger partial charge in [0, 0.05) is 13.1 Å². The van der Waals surface area contributed by atoms with E-state index in [1.165, 1.54) is 12.8 Å². The number of hydrogen-bond acceptors (Lipinski definition) is 4. The molecule has 108 valence electrons. The second kappa shape index (κ2) is 5.77. The fraction of sp³-hybridized carbons (Fsp3) is 0.929. The molecule has 19 heavy (non-hydrogen) atoms. The van der Waals surface area contributed by atoms with E-state index in [0.717, 1.165) is 25.7 Å². The standard InChI is InChI=1S/C14H24N2O3/c15-9-10-5-6-13(19-10)14(17)16-7-8-18-12-4-2-1-3-11(12)16/h10-13H,1-9,15H2/t10-,11?,12?,13+/m1/s1. The highest BCUT2D eigenvalue weighted by Crippen LogP contribution is 2.30. The van der Waals surface area contributed by atoms with Gasteiger partial charge < -0.3 is 20.1 Å². The highest BCUT2D eigenvalue weighted by Gasteiger charge is 2.41. The number of carbonyl (C=O) groups is 1. The van der Waals surface area contributed by atoms with Crippen LogP contribution in [-0.2, 0) is 14.3 Å². The molecule has 2 aliphatic heterocycles. The number of morpholine rings is 1. The third-order valence-corrected chi connectivity index (χ3v) is 4.66. The number of amides is 1. The van der Waals surface area contributed by atoms with Crippen molar-refractivity contribution in [2.24, 2.45) is 5.73 Å². The van der Waals surface area contributed by atoms with Crippen LogP contribution in [0.5, 0.6) is 0 Å². The predicted molar refractivity (Wildman–Crippen MR) is 70.7 cm³/mol. The number of rotatable bonds is 2. The molecule has 3 fully saturated rings. The number of nitrogens with two attached hydrogens (primary N) is 1. The Balaban J connectivity index is 1.65. The minimum absolute atomic E-state index is 0.0668. The van der Waals surface area contributed by atoms with Gasteiger partial charge in [-0.25, -0.2) is 0 Å². The number of ether oxygens (including phenoxy) is 2. The summed E-state index contributed by atoms with van der Waals surface area (Å²) in [5.74, 6) is 0.163. The van der Waals surface area contributed by atoms with Gasteiger partial charge in [0.15, 0.2) is 0 Å². The zero-order valence-electron chi connectivity index (χ0n) is 11.4. The Labute approximate surface area is 114 Å². The molecular formula is C14H24N2O3. The number of hydrogen-bond donors (Lipinski definition) is 1. The van der Waals surface area contributed by atoms with Crippen LogP contribution in [0.2, 0.25) is 0 Å². The van der Waals surface area contributed by atoms with E-state index in [1.54, 1.807) is 0 Å². The summed E-state index contributed by atoms with van der Waals surface area (Å²) in [6.07, 6.45) is 6.35. The van der Waals surface area contributed by atoms with E-state index >= 15 is 0 Å². The Hall–Kier alpha value is -0.650. The van der Waals surface area contributed by atoms with Crippen LogP contribution < -0.4 is 5.73 Å². The first-order valence-electron chi connectivity index (χ1n) is 7.57. The van der Waals surface area contributed by atoms with Crippen molar-refractivity contribution in [1.82, 2.24) is 4.90 Å². The molecule has 1 saturated carbocycles. The molecule has 0 bridgehead atoms. The van der Waals surface area contributed by atoms with Gasteiger partial charge in [-0.1, -0.05) is 12.8 Å². The van der Waals surface area contributed by atoms with Gasteiger partial charge in [0.2, 0.25) is 0 Å². The van der Waals surface area contributed by atoms with E-state index in [-0.39, 0.29) is 30.3 Å². The van der Waals surface area contributed by atoms with Crippen LogP contribution in [0, 0.1) is 0 Å². The van der Waals surface area contributed by atoms with Gasteiger partial charge in [-0.2, -0.15) is 0 Å². The van der Waals surface area contributed by atoms with Crippen LogP contribution in [0.3, 0.4) is 0 Å². The van der Waals surface area contributed by atoms with Crippen molar-refractivity contribution in [2.75, 3.05) is 19.7 Å². The molecule has 2 saturated heterocycles. The molecule has 1 amide bonds. The smallest absolute Gasteiger partial charge is 0.252 e. The molecular weight excluding hydrogens is 244 g/mol. The second-order valence-corrected chi connectivity index (χ2v) is 5.85. The summed E-state index contributed by atoms with van der Waals surface area (Å²) in [5.41, 5.74) is 5.61. The van der Waals surface area contributed by atoms with Crippen molar-refractivity contribution in [3.8, 4) is 0 Å². The maximum atomic E-state index is 12.6. The van der Waals surface area contributed by atoms with Gasteiger partial charge in [-0.05, 0) is 25.7 Å². The van der Waals surface area contributed by atoms with E-state index in [0.29, 0.717) is 19.7 Å². The normalized spacial score (nSPS) is 39.1. The van der Waals surface area contributed by atoms with Crippen molar-refractivity contribution in [1.29, 1.82) is 0 Å². The van der Waals surface area contributed by atoms with Crippen molar-refractivity contribution in [2.45, 2.75) is 62.9 Å². The Morgan fingerprint density at radius 2 is 2.05 bits per heavy atom. The summed E-state index contributed by atoms with van der Waals surface area (Å²) in [6, 6.07) is 0.274. The Morgan fingerprint density at radius 1 is 1.21 bits per heavy atom. The lowest BCUT2D eigenvalue weighted by atomic mass is 9.89. The van der Waals surface area contributed by atoms with E-state index < -0.39 is 0 Å². The van der Waals surface area contributed by atoms with E-state index in [4.69, 9.17) is 15.2 Å². The summed E-state index contributed by atoms with van der Waals surface area (Å²) < 4.78 is 11.6. The van der Waals surface area contributed by atoms with Gasteiger partial charge in [0.1, 0.15) is 6.10 Å². The van der Waals surface area contributed by atoms with Crippen LogP contribution >= 0.6 is 0 Å². The van der Waals surface area contributed by atoms with Crippen molar-refractivity contribution in [3.63, 3.8) is 0 Å². The molecule has 2 N–H and O–H groups in total. The van der Waals surface area contributed by atoms with Crippen molar-refractivity contribution < 1.29 is 14.3 Å². The Kier molecular flexibility index (Phi) is 4.05. The van der Waals surface area contributed by atoms with E-state index in [2.05, 4.69) is 0 Å². The number of nitrogens with zero attached hydrogens (tertiary/aromatic N) is 1.